The molecule has 0 aliphatic carbocycles. The largest absolute Gasteiger partial charge is 0.494 e. The molecule has 1 N–H and O–H groups in total. The average molecular weight is 499 g/mol. The van der Waals surface area contributed by atoms with Crippen LogP contribution in [0.5, 0.6) is 5.75 Å². The lowest BCUT2D eigenvalue weighted by molar-refractivity contribution is -0.121. The van der Waals surface area contributed by atoms with Crippen molar-refractivity contribution >= 4 is 17.5 Å². The first-order chi connectivity index (χ1) is 17.9. The van der Waals surface area contributed by atoms with Gasteiger partial charge in [-0.2, -0.15) is 0 Å². The number of benzene rings is 3. The van der Waals surface area contributed by atoms with Crippen LogP contribution in [0, 0.1) is 12.7 Å². The Bertz CT molecular complexity index is 1330. The number of hydrogen-bond acceptors (Lipinski definition) is 5. The van der Waals surface area contributed by atoms with Gasteiger partial charge in [0.15, 0.2) is 0 Å². The van der Waals surface area contributed by atoms with Crippen molar-refractivity contribution in [2.24, 2.45) is 0 Å². The molecule has 0 fully saturated rings. The fourth-order valence-electron chi connectivity index (χ4n) is 3.86. The monoisotopic (exact) mass is 498 g/mol. The van der Waals surface area contributed by atoms with Gasteiger partial charge in [-0.3, -0.25) is 14.6 Å². The van der Waals surface area contributed by atoms with Gasteiger partial charge >= 0.3 is 0 Å². The highest BCUT2D eigenvalue weighted by atomic mass is 19.1. The first kappa shape index (κ1) is 25.5. The van der Waals surface area contributed by atoms with E-state index >= 15 is 0 Å². The third-order valence-corrected chi connectivity index (χ3v) is 5.70. The van der Waals surface area contributed by atoms with Crippen LogP contribution in [-0.4, -0.2) is 33.3 Å². The summed E-state index contributed by atoms with van der Waals surface area (Å²) in [4.78, 5) is 37.2. The topological polar surface area (TPSA) is 84.4 Å². The van der Waals surface area contributed by atoms with Crippen LogP contribution >= 0.6 is 0 Å². The molecular formula is C29H27FN4O3. The number of nitrogens with one attached hydrogen (secondary N) is 1. The highest BCUT2D eigenvalue weighted by molar-refractivity contribution is 6.00. The van der Waals surface area contributed by atoms with Crippen molar-refractivity contribution in [3.63, 3.8) is 0 Å². The Balaban J connectivity index is 1.77. The molecule has 7 nitrogen and oxygen atoms in total. The van der Waals surface area contributed by atoms with E-state index in [-0.39, 0.29) is 12.2 Å². The molecule has 3 aromatic carbocycles. The molecule has 0 spiro atoms. The standard InChI is InChI=1S/C29H27FN4O3/c1-3-37-25-14-8-22(9-15-25)27(28(35)33-24-12-10-23(30)11-13-24)34(19-21-6-4-20(2)5-7-21)29(36)26-18-31-16-17-32-26/h4-18,27H,3,19H2,1-2H3,(H,33,35)/t27-/m1/s1. The lowest BCUT2D eigenvalue weighted by Crippen LogP contribution is -2.41. The number of halogens is 1. The first-order valence-electron chi connectivity index (χ1n) is 11.9. The van der Waals surface area contributed by atoms with Crippen molar-refractivity contribution in [3.8, 4) is 5.75 Å². The van der Waals surface area contributed by atoms with Crippen molar-refractivity contribution in [1.82, 2.24) is 14.9 Å². The Hall–Kier alpha value is -4.59. The maximum absolute atomic E-state index is 13.8. The van der Waals surface area contributed by atoms with Crippen LogP contribution in [-0.2, 0) is 11.3 Å². The third kappa shape index (κ3) is 6.55. The summed E-state index contributed by atoms with van der Waals surface area (Å²) in [6, 6.07) is 19.2. The van der Waals surface area contributed by atoms with Gasteiger partial charge in [-0.25, -0.2) is 9.37 Å². The smallest absolute Gasteiger partial charge is 0.275 e. The summed E-state index contributed by atoms with van der Waals surface area (Å²) in [6.07, 6.45) is 4.28. The van der Waals surface area contributed by atoms with Gasteiger partial charge in [0.1, 0.15) is 23.3 Å². The van der Waals surface area contributed by atoms with Crippen molar-refractivity contribution in [3.05, 3.63) is 120 Å². The van der Waals surface area contributed by atoms with Crippen LogP contribution < -0.4 is 10.1 Å². The molecule has 4 rings (SSSR count). The van der Waals surface area contributed by atoms with Gasteiger partial charge in [0.2, 0.25) is 0 Å². The summed E-state index contributed by atoms with van der Waals surface area (Å²) < 4.78 is 19.0. The lowest BCUT2D eigenvalue weighted by Gasteiger charge is -2.31. The van der Waals surface area contributed by atoms with Crippen LogP contribution in [0.4, 0.5) is 10.1 Å². The normalized spacial score (nSPS) is 11.4. The molecule has 1 aromatic heterocycles. The van der Waals surface area contributed by atoms with Crippen LogP contribution in [0.1, 0.15) is 40.1 Å². The molecule has 1 atom stereocenters. The Labute approximate surface area is 215 Å². The van der Waals surface area contributed by atoms with Crippen LogP contribution in [0.25, 0.3) is 0 Å². The van der Waals surface area contributed by atoms with E-state index in [4.69, 9.17) is 4.74 Å². The molecule has 0 aliphatic rings. The molecule has 4 aromatic rings. The Kier molecular flexibility index (Phi) is 8.20. The second kappa shape index (κ2) is 11.9. The van der Waals surface area contributed by atoms with Crippen LogP contribution in [0.15, 0.2) is 91.4 Å². The highest BCUT2D eigenvalue weighted by Crippen LogP contribution is 2.28. The predicted molar refractivity (Wildman–Crippen MR) is 138 cm³/mol. The summed E-state index contributed by atoms with van der Waals surface area (Å²) in [6.45, 7) is 4.50. The van der Waals surface area contributed by atoms with Gasteiger partial charge in [0.25, 0.3) is 11.8 Å². The molecule has 0 unspecified atom stereocenters. The molecule has 2 amide bonds. The Morgan fingerprint density at radius 2 is 1.68 bits per heavy atom. The quantitative estimate of drug-likeness (QED) is 0.337. The number of nitrogens with zero attached hydrogens (tertiary/aromatic N) is 3. The van der Waals surface area contributed by atoms with Crippen LogP contribution in [0.2, 0.25) is 0 Å². The molecule has 0 bridgehead atoms. The number of amides is 2. The molecule has 0 saturated heterocycles. The number of rotatable bonds is 9. The minimum atomic E-state index is -1.03. The number of aryl methyl sites for hydroxylation is 1. The summed E-state index contributed by atoms with van der Waals surface area (Å²) in [5, 5.41) is 2.82. The second-order valence-electron chi connectivity index (χ2n) is 8.41. The number of anilines is 1. The molecule has 0 radical (unpaired) electrons. The highest BCUT2D eigenvalue weighted by Gasteiger charge is 2.33. The fourth-order valence-corrected chi connectivity index (χ4v) is 3.86. The third-order valence-electron chi connectivity index (χ3n) is 5.70. The molecule has 1 heterocycles. The molecule has 37 heavy (non-hydrogen) atoms. The van der Waals surface area contributed by atoms with Crippen molar-refractivity contribution < 1.29 is 18.7 Å². The predicted octanol–water partition coefficient (Wildman–Crippen LogP) is 5.35. The van der Waals surface area contributed by atoms with Gasteiger partial charge in [-0.05, 0) is 61.4 Å². The molecular weight excluding hydrogens is 471 g/mol. The minimum Gasteiger partial charge on any atom is -0.494 e. The van der Waals surface area contributed by atoms with Gasteiger partial charge in [-0.15, -0.1) is 0 Å². The average Bonchev–Trinajstić information content (AvgIpc) is 2.92. The first-order valence-corrected chi connectivity index (χ1v) is 11.9. The number of hydrogen-bond donors (Lipinski definition) is 1. The maximum Gasteiger partial charge on any atom is 0.275 e. The van der Waals surface area contributed by atoms with E-state index in [1.54, 1.807) is 24.3 Å². The second-order valence-corrected chi connectivity index (χ2v) is 8.41. The SMILES string of the molecule is CCOc1ccc([C@H](C(=O)Nc2ccc(F)cc2)N(Cc2ccc(C)cc2)C(=O)c2cnccn2)cc1. The number of aromatic nitrogens is 2. The van der Waals surface area contributed by atoms with E-state index < -0.39 is 23.7 Å². The van der Waals surface area contributed by atoms with E-state index in [1.165, 1.54) is 47.8 Å². The number of carbonyl (C=O) groups is 2. The van der Waals surface area contributed by atoms with Crippen LogP contribution in [0.3, 0.4) is 0 Å². The van der Waals surface area contributed by atoms with Gasteiger partial charge in [-0.1, -0.05) is 42.0 Å². The maximum atomic E-state index is 13.8. The summed E-state index contributed by atoms with van der Waals surface area (Å²) in [7, 11) is 0. The minimum absolute atomic E-state index is 0.111. The Morgan fingerprint density at radius 1 is 0.973 bits per heavy atom. The zero-order chi connectivity index (χ0) is 26.2. The number of ether oxygens (including phenoxy) is 1. The van der Waals surface area contributed by atoms with E-state index in [0.717, 1.165) is 11.1 Å². The van der Waals surface area contributed by atoms with Crippen molar-refractivity contribution in [2.45, 2.75) is 26.4 Å². The van der Waals surface area contributed by atoms with Crippen molar-refractivity contribution in [2.75, 3.05) is 11.9 Å². The van der Waals surface area contributed by atoms with E-state index in [2.05, 4.69) is 15.3 Å². The van der Waals surface area contributed by atoms with Gasteiger partial charge in [0.05, 0.1) is 12.8 Å². The zero-order valence-corrected chi connectivity index (χ0v) is 20.6. The summed E-state index contributed by atoms with van der Waals surface area (Å²) in [5.41, 5.74) is 3.01. The van der Waals surface area contributed by atoms with E-state index in [1.807, 2.05) is 38.1 Å². The number of carbonyl (C=O) groups excluding carboxylic acids is 2. The zero-order valence-electron chi connectivity index (χ0n) is 20.6. The molecule has 188 valence electrons. The summed E-state index contributed by atoms with van der Waals surface area (Å²) in [5.74, 6) is -0.684. The molecule has 0 saturated carbocycles. The van der Waals surface area contributed by atoms with Gasteiger partial charge < -0.3 is 15.0 Å². The van der Waals surface area contributed by atoms with E-state index in [9.17, 15) is 14.0 Å². The fraction of sp³-hybridized carbons (Fsp3) is 0.172. The summed E-state index contributed by atoms with van der Waals surface area (Å²) >= 11 is 0. The Morgan fingerprint density at radius 3 is 2.30 bits per heavy atom. The molecule has 8 heteroatoms. The lowest BCUT2D eigenvalue weighted by atomic mass is 10.0. The van der Waals surface area contributed by atoms with Crippen molar-refractivity contribution in [1.29, 1.82) is 0 Å². The molecule has 0 aliphatic heterocycles. The van der Waals surface area contributed by atoms with Gasteiger partial charge in [0, 0.05) is 24.6 Å². The van der Waals surface area contributed by atoms with E-state index in [0.29, 0.717) is 23.6 Å².